The van der Waals surface area contributed by atoms with E-state index in [0.29, 0.717) is 0 Å². The van der Waals surface area contributed by atoms with Crippen molar-refractivity contribution in [3.63, 3.8) is 0 Å². The number of amides is 4. The number of primary amides is 1. The van der Waals surface area contributed by atoms with Gasteiger partial charge in [0.05, 0.1) is 6.04 Å². The van der Waals surface area contributed by atoms with Crippen molar-refractivity contribution in [2.24, 2.45) is 17.4 Å². The molecule has 4 amide bonds. The van der Waals surface area contributed by atoms with Crippen molar-refractivity contribution in [2.75, 3.05) is 5.75 Å². The van der Waals surface area contributed by atoms with Crippen LogP contribution in [0, 0.1) is 5.92 Å². The van der Waals surface area contributed by atoms with Gasteiger partial charge in [-0.3, -0.25) is 19.2 Å². The Bertz CT molecular complexity index is 600. The predicted molar refractivity (Wildman–Crippen MR) is 104 cm³/mol. The van der Waals surface area contributed by atoms with Crippen LogP contribution in [-0.4, -0.2) is 64.6 Å². The molecule has 0 aliphatic heterocycles. The number of hydrogen-bond acceptors (Lipinski definition) is 7. The summed E-state index contributed by atoms with van der Waals surface area (Å²) in [6.45, 7) is 4.61. The highest BCUT2D eigenvalue weighted by Crippen LogP contribution is 2.03. The Kier molecular flexibility index (Phi) is 11.2. The zero-order chi connectivity index (χ0) is 22.0. The third-order valence-electron chi connectivity index (χ3n) is 3.83. The molecule has 11 nitrogen and oxygen atoms in total. The normalized spacial score (nSPS) is 15.1. The summed E-state index contributed by atoms with van der Waals surface area (Å²) in [4.78, 5) is 58.7. The molecule has 8 N–H and O–H groups in total. The van der Waals surface area contributed by atoms with Crippen LogP contribution in [0.15, 0.2) is 0 Å². The molecular weight excluding hydrogens is 390 g/mol. The monoisotopic (exact) mass is 419 g/mol. The average Bonchev–Trinajstić information content (AvgIpc) is 2.60. The molecule has 0 saturated heterocycles. The molecule has 4 unspecified atom stereocenters. The van der Waals surface area contributed by atoms with E-state index >= 15 is 0 Å². The van der Waals surface area contributed by atoms with Crippen LogP contribution in [0.5, 0.6) is 0 Å². The lowest BCUT2D eigenvalue weighted by Gasteiger charge is -2.24. The van der Waals surface area contributed by atoms with Crippen LogP contribution >= 0.6 is 12.6 Å². The molecule has 0 aliphatic rings. The predicted octanol–water partition coefficient (Wildman–Crippen LogP) is -2.28. The minimum absolute atomic E-state index is 0.0422. The number of thiol groups is 1. The molecule has 12 heteroatoms. The van der Waals surface area contributed by atoms with Gasteiger partial charge in [0, 0.05) is 12.2 Å². The van der Waals surface area contributed by atoms with Gasteiger partial charge in [-0.1, -0.05) is 13.8 Å². The van der Waals surface area contributed by atoms with Crippen molar-refractivity contribution >= 4 is 42.2 Å². The Morgan fingerprint density at radius 3 is 1.96 bits per heavy atom. The van der Waals surface area contributed by atoms with Crippen molar-refractivity contribution in [3.05, 3.63) is 0 Å². The lowest BCUT2D eigenvalue weighted by atomic mass is 10.0. The van der Waals surface area contributed by atoms with Gasteiger partial charge in [-0.05, 0) is 19.3 Å². The molecule has 0 bridgehead atoms. The highest BCUT2D eigenvalue weighted by atomic mass is 32.1. The summed E-state index contributed by atoms with van der Waals surface area (Å²) >= 11 is 3.90. The fraction of sp³-hybridized carbons (Fsp3) is 0.688. The van der Waals surface area contributed by atoms with Crippen molar-refractivity contribution in [1.29, 1.82) is 0 Å². The maximum Gasteiger partial charge on any atom is 0.326 e. The van der Waals surface area contributed by atoms with Crippen molar-refractivity contribution in [3.8, 4) is 0 Å². The van der Waals surface area contributed by atoms with Crippen LogP contribution in [0.2, 0.25) is 0 Å². The number of nitrogens with two attached hydrogens (primary N) is 2. The molecule has 0 aliphatic carbocycles. The maximum atomic E-state index is 12.4. The number of carbonyl (C=O) groups is 5. The van der Waals surface area contributed by atoms with E-state index in [0.717, 1.165) is 0 Å². The number of carboxylic acids is 1. The van der Waals surface area contributed by atoms with Gasteiger partial charge in [-0.25, -0.2) is 4.79 Å². The Labute approximate surface area is 168 Å². The first-order valence-corrected chi connectivity index (χ1v) is 9.32. The summed E-state index contributed by atoms with van der Waals surface area (Å²) < 4.78 is 0. The molecule has 28 heavy (non-hydrogen) atoms. The van der Waals surface area contributed by atoms with Crippen LogP contribution < -0.4 is 27.4 Å². The standard InChI is InChI=1S/C16H29N5O6S/c1-7(2)12(16(26)27)21-13(23)8(3)19-15(25)10(4-5-11(18)22)20-14(24)9(17)6-28/h7-10,12,28H,4-6,17H2,1-3H3,(H2,18,22)(H,19,25)(H,20,24)(H,21,23)(H,26,27). The van der Waals surface area contributed by atoms with Crippen LogP contribution in [0.1, 0.15) is 33.6 Å². The molecule has 0 radical (unpaired) electrons. The SMILES string of the molecule is CC(NC(=O)C(CCC(N)=O)NC(=O)C(N)CS)C(=O)NC(C(=O)O)C(C)C. The molecule has 160 valence electrons. The molecular formula is C16H29N5O6S. The van der Waals surface area contributed by atoms with Gasteiger partial charge in [0.2, 0.25) is 23.6 Å². The van der Waals surface area contributed by atoms with Gasteiger partial charge in [-0.2, -0.15) is 12.6 Å². The van der Waals surface area contributed by atoms with E-state index in [1.54, 1.807) is 13.8 Å². The summed E-state index contributed by atoms with van der Waals surface area (Å²) in [6, 6.07) is -4.32. The van der Waals surface area contributed by atoms with E-state index < -0.39 is 53.8 Å². The van der Waals surface area contributed by atoms with E-state index in [1.165, 1.54) is 6.92 Å². The van der Waals surface area contributed by atoms with Crippen LogP contribution in [0.4, 0.5) is 0 Å². The number of rotatable bonds is 12. The summed E-state index contributed by atoms with van der Waals surface area (Å²) in [7, 11) is 0. The molecule has 0 saturated carbocycles. The minimum Gasteiger partial charge on any atom is -0.480 e. The summed E-state index contributed by atoms with van der Waals surface area (Å²) in [5, 5.41) is 16.2. The van der Waals surface area contributed by atoms with Crippen LogP contribution in [0.3, 0.4) is 0 Å². The summed E-state index contributed by atoms with van der Waals surface area (Å²) in [6.07, 6.45) is -0.270. The second-order valence-corrected chi connectivity index (χ2v) is 7.02. The Balaban J connectivity index is 5.06. The largest absolute Gasteiger partial charge is 0.480 e. The minimum atomic E-state index is -1.20. The first kappa shape index (κ1) is 25.7. The van der Waals surface area contributed by atoms with Gasteiger partial charge in [0.25, 0.3) is 0 Å². The Hall–Kier alpha value is -2.34. The fourth-order valence-corrected chi connectivity index (χ4v) is 2.25. The number of aliphatic carboxylic acids is 1. The lowest BCUT2D eigenvalue weighted by molar-refractivity contribution is -0.143. The van der Waals surface area contributed by atoms with Gasteiger partial charge >= 0.3 is 5.97 Å². The average molecular weight is 420 g/mol. The Morgan fingerprint density at radius 2 is 1.54 bits per heavy atom. The molecule has 0 fully saturated rings. The Morgan fingerprint density at radius 1 is 0.964 bits per heavy atom. The van der Waals surface area contributed by atoms with Crippen LogP contribution in [0.25, 0.3) is 0 Å². The maximum absolute atomic E-state index is 12.4. The molecule has 0 spiro atoms. The van der Waals surface area contributed by atoms with E-state index in [9.17, 15) is 24.0 Å². The van der Waals surface area contributed by atoms with E-state index in [4.69, 9.17) is 16.6 Å². The quantitative estimate of drug-likeness (QED) is 0.173. The second kappa shape index (κ2) is 12.2. The summed E-state index contributed by atoms with van der Waals surface area (Å²) in [5.74, 6) is -4.29. The zero-order valence-corrected chi connectivity index (χ0v) is 17.0. The molecule has 4 atom stereocenters. The van der Waals surface area contributed by atoms with Gasteiger partial charge in [-0.15, -0.1) is 0 Å². The summed E-state index contributed by atoms with van der Waals surface area (Å²) in [5.41, 5.74) is 10.6. The van der Waals surface area contributed by atoms with Crippen molar-refractivity contribution in [1.82, 2.24) is 16.0 Å². The molecule has 0 aromatic rings. The van der Waals surface area contributed by atoms with Crippen molar-refractivity contribution in [2.45, 2.75) is 57.8 Å². The molecule has 0 aromatic carbocycles. The lowest BCUT2D eigenvalue weighted by Crippen LogP contribution is -2.57. The zero-order valence-electron chi connectivity index (χ0n) is 16.1. The third kappa shape index (κ3) is 9.04. The van der Waals surface area contributed by atoms with Crippen LogP contribution in [-0.2, 0) is 24.0 Å². The number of hydrogen-bond donors (Lipinski definition) is 7. The highest BCUT2D eigenvalue weighted by molar-refractivity contribution is 7.80. The number of carbonyl (C=O) groups excluding carboxylic acids is 4. The fourth-order valence-electron chi connectivity index (χ4n) is 2.09. The first-order valence-electron chi connectivity index (χ1n) is 8.69. The molecule has 0 heterocycles. The van der Waals surface area contributed by atoms with E-state index in [1.807, 2.05) is 0 Å². The van der Waals surface area contributed by atoms with E-state index in [2.05, 4.69) is 28.6 Å². The smallest absolute Gasteiger partial charge is 0.326 e. The first-order chi connectivity index (χ1) is 12.9. The van der Waals surface area contributed by atoms with Gasteiger partial charge in [0.15, 0.2) is 0 Å². The number of nitrogens with one attached hydrogen (secondary N) is 3. The van der Waals surface area contributed by atoms with Gasteiger partial charge in [0.1, 0.15) is 18.1 Å². The second-order valence-electron chi connectivity index (χ2n) is 6.65. The third-order valence-corrected chi connectivity index (χ3v) is 4.22. The van der Waals surface area contributed by atoms with E-state index in [-0.39, 0.29) is 24.5 Å². The topological polar surface area (TPSA) is 194 Å². The highest BCUT2D eigenvalue weighted by Gasteiger charge is 2.29. The van der Waals surface area contributed by atoms with Crippen molar-refractivity contribution < 1.29 is 29.1 Å². The van der Waals surface area contributed by atoms with Gasteiger partial charge < -0.3 is 32.5 Å². The molecule has 0 aromatic heterocycles. The number of carboxylic acid groups (broad SMARTS) is 1. The molecule has 0 rings (SSSR count).